The lowest BCUT2D eigenvalue weighted by molar-refractivity contribution is -0.134. The second-order valence-corrected chi connectivity index (χ2v) is 10.8. The second kappa shape index (κ2) is 11.5. The summed E-state index contributed by atoms with van der Waals surface area (Å²) >= 11 is 0. The van der Waals surface area contributed by atoms with Crippen LogP contribution in [0.15, 0.2) is 83.8 Å². The number of nitrogens with zero attached hydrogens (tertiary/aromatic N) is 1. The normalized spacial score (nSPS) is 14.6. The molecule has 1 amide bonds. The summed E-state index contributed by atoms with van der Waals surface area (Å²) < 4.78 is 33.7. The Balaban J connectivity index is 1.26. The molecule has 6 nitrogen and oxygen atoms in total. The van der Waals surface area contributed by atoms with E-state index in [4.69, 9.17) is 4.74 Å². The molecule has 1 aliphatic heterocycles. The minimum Gasteiger partial charge on any atom is -0.483 e. The van der Waals surface area contributed by atoms with Crippen LogP contribution in [0.5, 0.6) is 5.75 Å². The first-order valence-corrected chi connectivity index (χ1v) is 13.5. The van der Waals surface area contributed by atoms with E-state index in [2.05, 4.69) is 29.0 Å². The van der Waals surface area contributed by atoms with Crippen LogP contribution < -0.4 is 9.46 Å². The van der Waals surface area contributed by atoms with Crippen LogP contribution in [0.25, 0.3) is 0 Å². The Labute approximate surface area is 208 Å². The molecule has 0 bridgehead atoms. The highest BCUT2D eigenvalue weighted by Crippen LogP contribution is 2.24. The van der Waals surface area contributed by atoms with Crippen LogP contribution in [-0.2, 0) is 27.8 Å². The third-order valence-corrected chi connectivity index (χ3v) is 7.85. The Morgan fingerprint density at radius 1 is 0.943 bits per heavy atom. The summed E-state index contributed by atoms with van der Waals surface area (Å²) in [6.45, 7) is 3.43. The third-order valence-electron chi connectivity index (χ3n) is 6.45. The molecule has 0 unspecified atom stereocenters. The van der Waals surface area contributed by atoms with E-state index in [0.717, 1.165) is 37.9 Å². The van der Waals surface area contributed by atoms with Crippen LogP contribution in [0.3, 0.4) is 0 Å². The van der Waals surface area contributed by atoms with Crippen molar-refractivity contribution in [2.75, 3.05) is 19.7 Å². The lowest BCUT2D eigenvalue weighted by Crippen LogP contribution is -2.41. The van der Waals surface area contributed by atoms with E-state index < -0.39 is 10.0 Å². The van der Waals surface area contributed by atoms with E-state index >= 15 is 0 Å². The molecule has 3 aromatic carbocycles. The summed E-state index contributed by atoms with van der Waals surface area (Å²) in [6, 6.07) is 24.5. The molecule has 3 aromatic rings. The predicted octanol–water partition coefficient (Wildman–Crippen LogP) is 4.33. The molecule has 35 heavy (non-hydrogen) atoms. The zero-order valence-corrected chi connectivity index (χ0v) is 20.8. The predicted molar refractivity (Wildman–Crippen MR) is 137 cm³/mol. The second-order valence-electron chi connectivity index (χ2n) is 9.04. The van der Waals surface area contributed by atoms with Crippen molar-refractivity contribution in [2.24, 2.45) is 5.92 Å². The highest BCUT2D eigenvalue weighted by atomic mass is 32.2. The fourth-order valence-corrected chi connectivity index (χ4v) is 5.48. The van der Waals surface area contributed by atoms with Crippen molar-refractivity contribution in [3.05, 3.63) is 95.6 Å². The van der Waals surface area contributed by atoms with Gasteiger partial charge in [-0.1, -0.05) is 60.7 Å². The van der Waals surface area contributed by atoms with Crippen LogP contribution in [0.1, 0.15) is 29.5 Å². The van der Waals surface area contributed by atoms with Crippen LogP contribution in [0.2, 0.25) is 0 Å². The van der Waals surface area contributed by atoms with Gasteiger partial charge in [-0.25, -0.2) is 13.1 Å². The molecular formula is C28H32N2O4S. The van der Waals surface area contributed by atoms with Gasteiger partial charge >= 0.3 is 0 Å². The molecular weight excluding hydrogens is 460 g/mol. The van der Waals surface area contributed by atoms with Crippen molar-refractivity contribution in [2.45, 2.75) is 37.6 Å². The van der Waals surface area contributed by atoms with Crippen molar-refractivity contribution >= 4 is 15.9 Å². The molecule has 1 saturated heterocycles. The Hall–Kier alpha value is -3.16. The number of rotatable bonds is 9. The molecule has 1 N–H and O–H groups in total. The van der Waals surface area contributed by atoms with E-state index in [1.165, 1.54) is 11.6 Å². The number of aryl methyl sites for hydroxylation is 1. The summed E-state index contributed by atoms with van der Waals surface area (Å²) in [4.78, 5) is 14.7. The average molecular weight is 493 g/mol. The molecule has 1 heterocycles. The van der Waals surface area contributed by atoms with Crippen LogP contribution in [0.4, 0.5) is 0 Å². The summed E-state index contributed by atoms with van der Waals surface area (Å²) in [7, 11) is -3.65. The van der Waals surface area contributed by atoms with Gasteiger partial charge in [-0.2, -0.15) is 0 Å². The third kappa shape index (κ3) is 6.93. The van der Waals surface area contributed by atoms with E-state index in [9.17, 15) is 13.2 Å². The smallest absolute Gasteiger partial charge is 0.260 e. The van der Waals surface area contributed by atoms with Crippen molar-refractivity contribution < 1.29 is 17.9 Å². The Morgan fingerprint density at radius 2 is 1.57 bits per heavy atom. The van der Waals surface area contributed by atoms with Crippen molar-refractivity contribution in [1.82, 2.24) is 9.62 Å². The summed E-state index contributed by atoms with van der Waals surface area (Å²) in [6.07, 6.45) is 3.03. The molecule has 0 atom stereocenters. The van der Waals surface area contributed by atoms with Crippen LogP contribution in [-0.4, -0.2) is 38.9 Å². The average Bonchev–Trinajstić information content (AvgIpc) is 2.88. The largest absolute Gasteiger partial charge is 0.483 e. The van der Waals surface area contributed by atoms with Gasteiger partial charge in [-0.05, 0) is 67.0 Å². The number of carbonyl (C=O) groups excluding carboxylic acids is 1. The topological polar surface area (TPSA) is 75.7 Å². The van der Waals surface area contributed by atoms with Crippen LogP contribution in [0, 0.1) is 12.8 Å². The number of carbonyl (C=O) groups is 1. The number of hydrogen-bond acceptors (Lipinski definition) is 4. The number of ether oxygens (including phenoxy) is 1. The fourth-order valence-electron chi connectivity index (χ4n) is 4.37. The van der Waals surface area contributed by atoms with Gasteiger partial charge in [0.1, 0.15) is 5.75 Å². The van der Waals surface area contributed by atoms with Crippen LogP contribution >= 0.6 is 0 Å². The monoisotopic (exact) mass is 492 g/mol. The first-order chi connectivity index (χ1) is 16.9. The van der Waals surface area contributed by atoms with Gasteiger partial charge in [0, 0.05) is 19.6 Å². The first kappa shape index (κ1) is 24.9. The maximum Gasteiger partial charge on any atom is 0.260 e. The van der Waals surface area contributed by atoms with Gasteiger partial charge in [0.2, 0.25) is 10.0 Å². The molecule has 0 radical (unpaired) electrons. The molecule has 0 spiro atoms. The summed E-state index contributed by atoms with van der Waals surface area (Å²) in [5, 5.41) is 0. The van der Waals surface area contributed by atoms with Gasteiger partial charge in [0.25, 0.3) is 5.91 Å². The SMILES string of the molecule is Cc1cc(S(=O)(=O)NCc2ccccc2)ccc1OCC(=O)N1CCC(Cc2ccccc2)CC1. The standard InChI is InChI=1S/C28H32N2O4S/c1-22-18-26(35(32,33)29-20-25-10-6-3-7-11-25)12-13-27(22)34-21-28(31)30-16-14-24(15-17-30)19-23-8-4-2-5-9-23/h2-13,18,24,29H,14-17,19-21H2,1H3. The zero-order valence-electron chi connectivity index (χ0n) is 20.0. The number of sulfonamides is 1. The number of amides is 1. The lowest BCUT2D eigenvalue weighted by Gasteiger charge is -2.32. The zero-order chi connectivity index (χ0) is 24.7. The highest BCUT2D eigenvalue weighted by molar-refractivity contribution is 7.89. The van der Waals surface area contributed by atoms with Gasteiger partial charge in [-0.3, -0.25) is 4.79 Å². The molecule has 0 aliphatic carbocycles. The molecule has 7 heteroatoms. The number of nitrogens with one attached hydrogen (secondary N) is 1. The Bertz CT molecular complexity index is 1220. The summed E-state index contributed by atoms with van der Waals surface area (Å²) in [5.74, 6) is 1.07. The number of hydrogen-bond donors (Lipinski definition) is 1. The van der Waals surface area contributed by atoms with E-state index in [1.54, 1.807) is 19.1 Å². The molecule has 0 aromatic heterocycles. The Morgan fingerprint density at radius 3 is 2.20 bits per heavy atom. The molecule has 0 saturated carbocycles. The minimum atomic E-state index is -3.65. The number of piperidine rings is 1. The minimum absolute atomic E-state index is 0.0382. The number of likely N-dealkylation sites (tertiary alicyclic amines) is 1. The van der Waals surface area contributed by atoms with E-state index in [1.807, 2.05) is 41.3 Å². The van der Waals surface area contributed by atoms with E-state index in [0.29, 0.717) is 17.2 Å². The maximum absolute atomic E-state index is 12.7. The van der Waals surface area contributed by atoms with Gasteiger partial charge in [0.05, 0.1) is 4.90 Å². The fraction of sp³-hybridized carbons (Fsp3) is 0.321. The number of benzene rings is 3. The molecule has 4 rings (SSSR count). The maximum atomic E-state index is 12.7. The quantitative estimate of drug-likeness (QED) is 0.482. The molecule has 1 aliphatic rings. The summed E-state index contributed by atoms with van der Waals surface area (Å²) in [5.41, 5.74) is 2.90. The Kier molecular flexibility index (Phi) is 8.21. The van der Waals surface area contributed by atoms with Gasteiger partial charge in [0.15, 0.2) is 6.61 Å². The van der Waals surface area contributed by atoms with Crippen molar-refractivity contribution in [3.8, 4) is 5.75 Å². The first-order valence-electron chi connectivity index (χ1n) is 12.0. The van der Waals surface area contributed by atoms with E-state index in [-0.39, 0.29) is 24.0 Å². The van der Waals surface area contributed by atoms with Crippen molar-refractivity contribution in [3.63, 3.8) is 0 Å². The molecule has 184 valence electrons. The van der Waals surface area contributed by atoms with Gasteiger partial charge in [-0.15, -0.1) is 0 Å². The van der Waals surface area contributed by atoms with Gasteiger partial charge < -0.3 is 9.64 Å². The van der Waals surface area contributed by atoms with Crippen molar-refractivity contribution in [1.29, 1.82) is 0 Å². The lowest BCUT2D eigenvalue weighted by atomic mass is 9.90. The highest BCUT2D eigenvalue weighted by Gasteiger charge is 2.23. The molecule has 1 fully saturated rings.